The molecular formula is C10H20N2O2. The van der Waals surface area contributed by atoms with Gasteiger partial charge in [0.2, 0.25) is 11.8 Å². The van der Waals surface area contributed by atoms with Gasteiger partial charge in [-0.1, -0.05) is 13.3 Å². The first kappa shape index (κ1) is 12.9. The molecule has 0 N–H and O–H groups in total. The molecule has 0 saturated carbocycles. The van der Waals surface area contributed by atoms with Crippen molar-refractivity contribution in [1.29, 1.82) is 0 Å². The number of likely N-dealkylation sites (N-methyl/N-ethyl adjacent to an activating group) is 2. The van der Waals surface area contributed by atoms with Gasteiger partial charge in [0, 0.05) is 27.6 Å². The fourth-order valence-corrected chi connectivity index (χ4v) is 0.955. The maximum atomic E-state index is 11.5. The van der Waals surface area contributed by atoms with Gasteiger partial charge < -0.3 is 9.80 Å². The van der Waals surface area contributed by atoms with Gasteiger partial charge in [-0.3, -0.25) is 9.59 Å². The first-order valence-electron chi connectivity index (χ1n) is 4.94. The summed E-state index contributed by atoms with van der Waals surface area (Å²) < 4.78 is 0. The minimum absolute atomic E-state index is 0.00356. The number of amides is 2. The second-order valence-corrected chi connectivity index (χ2v) is 3.54. The van der Waals surface area contributed by atoms with Crippen LogP contribution in [0.4, 0.5) is 0 Å². The van der Waals surface area contributed by atoms with Crippen LogP contribution in [-0.4, -0.2) is 48.8 Å². The average molecular weight is 200 g/mol. The van der Waals surface area contributed by atoms with Gasteiger partial charge in [-0.2, -0.15) is 0 Å². The SMILES string of the molecule is CCCCN(C)C(=O)CN(C)C(C)=O. The van der Waals surface area contributed by atoms with Crippen molar-refractivity contribution >= 4 is 11.8 Å². The smallest absolute Gasteiger partial charge is 0.241 e. The van der Waals surface area contributed by atoms with E-state index in [2.05, 4.69) is 6.92 Å². The number of hydrogen-bond donors (Lipinski definition) is 0. The molecule has 0 aliphatic heterocycles. The predicted molar refractivity (Wildman–Crippen MR) is 55.9 cm³/mol. The van der Waals surface area contributed by atoms with Gasteiger partial charge in [0.15, 0.2) is 0 Å². The monoisotopic (exact) mass is 200 g/mol. The van der Waals surface area contributed by atoms with Crippen LogP contribution in [0.3, 0.4) is 0 Å². The number of nitrogens with zero attached hydrogens (tertiary/aromatic N) is 2. The Kier molecular flexibility index (Phi) is 5.92. The molecule has 0 aromatic heterocycles. The Labute approximate surface area is 85.9 Å². The molecule has 0 heterocycles. The topological polar surface area (TPSA) is 40.6 Å². The zero-order valence-electron chi connectivity index (χ0n) is 9.54. The van der Waals surface area contributed by atoms with E-state index in [-0.39, 0.29) is 18.4 Å². The van der Waals surface area contributed by atoms with Crippen LogP contribution in [-0.2, 0) is 9.59 Å². The number of carbonyl (C=O) groups excluding carboxylic acids is 2. The van der Waals surface area contributed by atoms with Crippen molar-refractivity contribution in [2.24, 2.45) is 0 Å². The van der Waals surface area contributed by atoms with Gasteiger partial charge in [0.25, 0.3) is 0 Å². The van der Waals surface area contributed by atoms with Crippen LogP contribution in [0.5, 0.6) is 0 Å². The number of unbranched alkanes of at least 4 members (excludes halogenated alkanes) is 1. The number of rotatable bonds is 5. The Balaban J connectivity index is 3.88. The highest BCUT2D eigenvalue weighted by Gasteiger charge is 2.12. The van der Waals surface area contributed by atoms with Crippen LogP contribution in [0.2, 0.25) is 0 Å². The van der Waals surface area contributed by atoms with Gasteiger partial charge in [0.05, 0.1) is 6.54 Å². The molecule has 0 aromatic carbocycles. The van der Waals surface area contributed by atoms with Crippen LogP contribution in [0.1, 0.15) is 26.7 Å². The quantitative estimate of drug-likeness (QED) is 0.656. The molecule has 0 aliphatic rings. The normalized spacial score (nSPS) is 9.71. The third kappa shape index (κ3) is 4.84. The van der Waals surface area contributed by atoms with Gasteiger partial charge in [0.1, 0.15) is 0 Å². The highest BCUT2D eigenvalue weighted by atomic mass is 16.2. The minimum Gasteiger partial charge on any atom is -0.344 e. The lowest BCUT2D eigenvalue weighted by Crippen LogP contribution is -2.38. The van der Waals surface area contributed by atoms with E-state index < -0.39 is 0 Å². The Hall–Kier alpha value is -1.06. The molecule has 0 saturated heterocycles. The van der Waals surface area contributed by atoms with Crippen LogP contribution < -0.4 is 0 Å². The highest BCUT2D eigenvalue weighted by molar-refractivity contribution is 5.83. The second kappa shape index (κ2) is 6.40. The standard InChI is InChI=1S/C10H20N2O2/c1-5-6-7-11(3)10(14)8-12(4)9(2)13/h5-8H2,1-4H3. The molecule has 0 unspecified atom stereocenters. The van der Waals surface area contributed by atoms with Crippen LogP contribution in [0, 0.1) is 0 Å². The van der Waals surface area contributed by atoms with Crippen molar-refractivity contribution in [3.8, 4) is 0 Å². The maximum absolute atomic E-state index is 11.5. The van der Waals surface area contributed by atoms with E-state index in [0.29, 0.717) is 0 Å². The highest BCUT2D eigenvalue weighted by Crippen LogP contribution is 1.94. The Bertz CT molecular complexity index is 204. The van der Waals surface area contributed by atoms with E-state index in [4.69, 9.17) is 0 Å². The Morgan fingerprint density at radius 2 is 1.71 bits per heavy atom. The van der Waals surface area contributed by atoms with Gasteiger partial charge in [-0.25, -0.2) is 0 Å². The number of hydrogen-bond acceptors (Lipinski definition) is 2. The fourth-order valence-electron chi connectivity index (χ4n) is 0.955. The molecular weight excluding hydrogens is 180 g/mol. The molecule has 14 heavy (non-hydrogen) atoms. The van der Waals surface area contributed by atoms with Gasteiger partial charge in [-0.05, 0) is 6.42 Å². The van der Waals surface area contributed by atoms with E-state index in [0.717, 1.165) is 19.4 Å². The summed E-state index contributed by atoms with van der Waals surface area (Å²) in [7, 11) is 3.40. The Morgan fingerprint density at radius 1 is 1.14 bits per heavy atom. The lowest BCUT2D eigenvalue weighted by molar-refractivity contribution is -0.137. The summed E-state index contributed by atoms with van der Waals surface area (Å²) in [5.74, 6) is -0.0848. The molecule has 0 atom stereocenters. The lowest BCUT2D eigenvalue weighted by Gasteiger charge is -2.20. The molecule has 0 aromatic rings. The first-order valence-corrected chi connectivity index (χ1v) is 4.94. The third-order valence-corrected chi connectivity index (χ3v) is 2.18. The maximum Gasteiger partial charge on any atom is 0.241 e. The van der Waals surface area contributed by atoms with E-state index in [1.54, 1.807) is 19.0 Å². The second-order valence-electron chi connectivity index (χ2n) is 3.54. The van der Waals surface area contributed by atoms with Crippen molar-refractivity contribution in [2.75, 3.05) is 27.2 Å². The molecule has 4 nitrogen and oxygen atoms in total. The molecule has 82 valence electrons. The van der Waals surface area contributed by atoms with E-state index in [1.807, 2.05) is 0 Å². The summed E-state index contributed by atoms with van der Waals surface area (Å²) in [5, 5.41) is 0. The molecule has 0 aliphatic carbocycles. The van der Waals surface area contributed by atoms with Crippen LogP contribution in [0.25, 0.3) is 0 Å². The lowest BCUT2D eigenvalue weighted by atomic mass is 10.3. The van der Waals surface area contributed by atoms with Crippen molar-refractivity contribution in [2.45, 2.75) is 26.7 Å². The van der Waals surface area contributed by atoms with E-state index >= 15 is 0 Å². The zero-order chi connectivity index (χ0) is 11.1. The predicted octanol–water partition coefficient (Wildman–Crippen LogP) is 0.723. The summed E-state index contributed by atoms with van der Waals surface area (Å²) in [5.41, 5.74) is 0. The largest absolute Gasteiger partial charge is 0.344 e. The van der Waals surface area contributed by atoms with E-state index in [9.17, 15) is 9.59 Å². The van der Waals surface area contributed by atoms with Crippen LogP contribution >= 0.6 is 0 Å². The number of carbonyl (C=O) groups is 2. The van der Waals surface area contributed by atoms with Crippen molar-refractivity contribution in [3.05, 3.63) is 0 Å². The average Bonchev–Trinajstić information content (AvgIpc) is 2.13. The van der Waals surface area contributed by atoms with Crippen LogP contribution in [0.15, 0.2) is 0 Å². The summed E-state index contributed by atoms with van der Waals surface area (Å²) in [6.07, 6.45) is 2.08. The van der Waals surface area contributed by atoms with E-state index in [1.165, 1.54) is 11.8 Å². The Morgan fingerprint density at radius 3 is 2.14 bits per heavy atom. The molecule has 0 radical (unpaired) electrons. The summed E-state index contributed by atoms with van der Waals surface area (Å²) in [4.78, 5) is 25.5. The molecule has 0 fully saturated rings. The summed E-state index contributed by atoms with van der Waals surface area (Å²) >= 11 is 0. The zero-order valence-corrected chi connectivity index (χ0v) is 9.54. The summed E-state index contributed by atoms with van der Waals surface area (Å²) in [6, 6.07) is 0. The summed E-state index contributed by atoms with van der Waals surface area (Å²) in [6.45, 7) is 4.48. The molecule has 0 rings (SSSR count). The first-order chi connectivity index (χ1) is 6.49. The van der Waals surface area contributed by atoms with Gasteiger partial charge in [-0.15, -0.1) is 0 Å². The van der Waals surface area contributed by atoms with Crippen molar-refractivity contribution in [3.63, 3.8) is 0 Å². The van der Waals surface area contributed by atoms with Crippen molar-refractivity contribution < 1.29 is 9.59 Å². The van der Waals surface area contributed by atoms with Crippen molar-refractivity contribution in [1.82, 2.24) is 9.80 Å². The molecule has 4 heteroatoms. The molecule has 0 bridgehead atoms. The minimum atomic E-state index is -0.0813. The molecule has 2 amide bonds. The molecule has 0 spiro atoms. The van der Waals surface area contributed by atoms with Gasteiger partial charge >= 0.3 is 0 Å². The third-order valence-electron chi connectivity index (χ3n) is 2.18. The fraction of sp³-hybridized carbons (Fsp3) is 0.800.